The van der Waals surface area contributed by atoms with Crippen LogP contribution >= 0.6 is 0 Å². The first-order valence-corrected chi connectivity index (χ1v) is 10.0. The van der Waals surface area contributed by atoms with E-state index in [9.17, 15) is 4.79 Å². The quantitative estimate of drug-likeness (QED) is 0.667. The van der Waals surface area contributed by atoms with Crippen LogP contribution in [-0.2, 0) is 12.0 Å². The molecule has 4 rings (SSSR count). The standard InChI is InChI=1S/C21H27N7O/c1-21(2,3)18-4-5-19(29)28(25-18)13-10-26-8-11-27(12-9-26)20-16-6-7-22-14-17(16)23-15-24-20/h4-7,14-15H,8-13H2,1-3H3. The third-order valence-corrected chi connectivity index (χ3v) is 5.35. The summed E-state index contributed by atoms with van der Waals surface area (Å²) in [6.07, 6.45) is 5.15. The van der Waals surface area contributed by atoms with Crippen molar-refractivity contribution in [1.29, 1.82) is 0 Å². The maximum Gasteiger partial charge on any atom is 0.266 e. The molecule has 0 unspecified atom stereocenters. The van der Waals surface area contributed by atoms with Crippen molar-refractivity contribution < 1.29 is 0 Å². The van der Waals surface area contributed by atoms with Crippen LogP contribution in [0.15, 0.2) is 41.7 Å². The number of hydrogen-bond acceptors (Lipinski definition) is 7. The second kappa shape index (κ2) is 7.87. The molecule has 0 spiro atoms. The van der Waals surface area contributed by atoms with E-state index in [-0.39, 0.29) is 11.0 Å². The number of nitrogens with zero attached hydrogens (tertiary/aromatic N) is 7. The SMILES string of the molecule is CC(C)(C)c1ccc(=O)n(CCN2CCN(c3ncnc4cnccc34)CC2)n1. The van der Waals surface area contributed by atoms with Crippen LogP contribution in [0.4, 0.5) is 5.82 Å². The molecular formula is C21H27N7O. The maximum atomic E-state index is 12.2. The maximum absolute atomic E-state index is 12.2. The van der Waals surface area contributed by atoms with E-state index in [4.69, 9.17) is 0 Å². The van der Waals surface area contributed by atoms with Crippen LogP contribution in [0.25, 0.3) is 10.9 Å². The van der Waals surface area contributed by atoms with Gasteiger partial charge in [0.05, 0.1) is 24.0 Å². The number of piperazine rings is 1. The summed E-state index contributed by atoms with van der Waals surface area (Å²) in [6.45, 7) is 11.3. The van der Waals surface area contributed by atoms with E-state index in [1.54, 1.807) is 29.5 Å². The molecule has 0 aliphatic carbocycles. The molecular weight excluding hydrogens is 366 g/mol. The molecule has 1 aliphatic rings. The number of hydrogen-bond donors (Lipinski definition) is 0. The molecule has 1 saturated heterocycles. The summed E-state index contributed by atoms with van der Waals surface area (Å²) in [5.74, 6) is 0.966. The van der Waals surface area contributed by atoms with Crippen molar-refractivity contribution in [2.45, 2.75) is 32.7 Å². The summed E-state index contributed by atoms with van der Waals surface area (Å²) in [7, 11) is 0. The van der Waals surface area contributed by atoms with E-state index >= 15 is 0 Å². The van der Waals surface area contributed by atoms with Gasteiger partial charge in [-0.1, -0.05) is 20.8 Å². The van der Waals surface area contributed by atoms with Crippen molar-refractivity contribution in [1.82, 2.24) is 29.6 Å². The summed E-state index contributed by atoms with van der Waals surface area (Å²) in [5.41, 5.74) is 1.69. The van der Waals surface area contributed by atoms with E-state index in [0.29, 0.717) is 6.54 Å². The van der Waals surface area contributed by atoms with Gasteiger partial charge in [-0.05, 0) is 12.1 Å². The van der Waals surface area contributed by atoms with Gasteiger partial charge in [-0.25, -0.2) is 14.6 Å². The van der Waals surface area contributed by atoms with Crippen LogP contribution < -0.4 is 10.5 Å². The summed E-state index contributed by atoms with van der Waals surface area (Å²) in [5, 5.41) is 5.60. The summed E-state index contributed by atoms with van der Waals surface area (Å²) in [6, 6.07) is 5.43. The molecule has 3 aromatic heterocycles. The van der Waals surface area contributed by atoms with Crippen molar-refractivity contribution in [2.24, 2.45) is 0 Å². The van der Waals surface area contributed by atoms with Crippen LogP contribution in [0, 0.1) is 0 Å². The van der Waals surface area contributed by atoms with Gasteiger partial charge in [0, 0.05) is 55.8 Å². The van der Waals surface area contributed by atoms with E-state index in [1.165, 1.54) is 0 Å². The smallest absolute Gasteiger partial charge is 0.266 e. The van der Waals surface area contributed by atoms with Crippen LogP contribution in [-0.4, -0.2) is 62.4 Å². The lowest BCUT2D eigenvalue weighted by molar-refractivity contribution is 0.241. The van der Waals surface area contributed by atoms with Gasteiger partial charge in [0.15, 0.2) is 0 Å². The average Bonchev–Trinajstić information content (AvgIpc) is 2.72. The van der Waals surface area contributed by atoms with Gasteiger partial charge in [0.25, 0.3) is 5.56 Å². The Morgan fingerprint density at radius 2 is 1.79 bits per heavy atom. The Balaban J connectivity index is 1.39. The van der Waals surface area contributed by atoms with Crippen LogP contribution in [0.3, 0.4) is 0 Å². The molecule has 152 valence electrons. The van der Waals surface area contributed by atoms with Crippen LogP contribution in [0.5, 0.6) is 0 Å². The fraction of sp³-hybridized carbons (Fsp3) is 0.476. The highest BCUT2D eigenvalue weighted by molar-refractivity contribution is 5.88. The third kappa shape index (κ3) is 4.27. The summed E-state index contributed by atoms with van der Waals surface area (Å²) < 4.78 is 1.60. The molecule has 4 heterocycles. The van der Waals surface area contributed by atoms with E-state index in [2.05, 4.69) is 50.6 Å². The average molecular weight is 393 g/mol. The van der Waals surface area contributed by atoms with Gasteiger partial charge in [-0.3, -0.25) is 14.7 Å². The third-order valence-electron chi connectivity index (χ3n) is 5.35. The van der Waals surface area contributed by atoms with Crippen molar-refractivity contribution >= 4 is 16.7 Å². The second-order valence-electron chi connectivity index (χ2n) is 8.45. The molecule has 0 aromatic carbocycles. The number of anilines is 1. The number of rotatable bonds is 4. The fourth-order valence-electron chi connectivity index (χ4n) is 3.57. The minimum absolute atomic E-state index is 0.0438. The first-order chi connectivity index (χ1) is 13.9. The number of pyridine rings is 1. The van der Waals surface area contributed by atoms with E-state index < -0.39 is 0 Å². The summed E-state index contributed by atoms with van der Waals surface area (Å²) in [4.78, 5) is 29.8. The first kappa shape index (κ1) is 19.4. The minimum Gasteiger partial charge on any atom is -0.353 e. The largest absolute Gasteiger partial charge is 0.353 e. The Morgan fingerprint density at radius 3 is 2.55 bits per heavy atom. The molecule has 0 atom stereocenters. The van der Waals surface area contributed by atoms with Gasteiger partial charge in [-0.15, -0.1) is 0 Å². The van der Waals surface area contributed by atoms with Crippen molar-refractivity contribution in [3.05, 3.63) is 53.0 Å². The first-order valence-electron chi connectivity index (χ1n) is 10.0. The molecule has 8 heteroatoms. The highest BCUT2D eigenvalue weighted by Gasteiger charge is 2.21. The Hall–Kier alpha value is -2.87. The van der Waals surface area contributed by atoms with Crippen molar-refractivity contribution in [2.75, 3.05) is 37.6 Å². The fourth-order valence-corrected chi connectivity index (χ4v) is 3.57. The zero-order chi connectivity index (χ0) is 20.4. The zero-order valence-corrected chi connectivity index (χ0v) is 17.2. The van der Waals surface area contributed by atoms with E-state index in [0.717, 1.165) is 55.1 Å². The van der Waals surface area contributed by atoms with E-state index in [1.807, 2.05) is 12.1 Å². The highest BCUT2D eigenvalue weighted by Crippen LogP contribution is 2.23. The lowest BCUT2D eigenvalue weighted by Gasteiger charge is -2.35. The Kier molecular flexibility index (Phi) is 5.27. The monoisotopic (exact) mass is 393 g/mol. The Bertz CT molecular complexity index is 1040. The van der Waals surface area contributed by atoms with Crippen LogP contribution in [0.2, 0.25) is 0 Å². The van der Waals surface area contributed by atoms with Gasteiger partial charge in [0.2, 0.25) is 0 Å². The molecule has 8 nitrogen and oxygen atoms in total. The van der Waals surface area contributed by atoms with Crippen molar-refractivity contribution in [3.63, 3.8) is 0 Å². The van der Waals surface area contributed by atoms with Gasteiger partial charge in [-0.2, -0.15) is 5.10 Å². The highest BCUT2D eigenvalue weighted by atomic mass is 16.1. The molecule has 0 saturated carbocycles. The number of aromatic nitrogens is 5. The van der Waals surface area contributed by atoms with Gasteiger partial charge < -0.3 is 4.90 Å². The molecule has 0 N–H and O–H groups in total. The second-order valence-corrected chi connectivity index (χ2v) is 8.45. The predicted octanol–water partition coefficient (Wildman–Crippen LogP) is 1.70. The molecule has 29 heavy (non-hydrogen) atoms. The Morgan fingerprint density at radius 1 is 1.00 bits per heavy atom. The normalized spacial score (nSPS) is 15.8. The molecule has 3 aromatic rings. The van der Waals surface area contributed by atoms with Gasteiger partial charge >= 0.3 is 0 Å². The van der Waals surface area contributed by atoms with Gasteiger partial charge in [0.1, 0.15) is 12.1 Å². The molecule has 1 fully saturated rings. The zero-order valence-electron chi connectivity index (χ0n) is 17.2. The number of fused-ring (bicyclic) bond motifs is 1. The van der Waals surface area contributed by atoms with Crippen LogP contribution in [0.1, 0.15) is 26.5 Å². The summed E-state index contributed by atoms with van der Waals surface area (Å²) >= 11 is 0. The predicted molar refractivity (Wildman–Crippen MR) is 113 cm³/mol. The topological polar surface area (TPSA) is 80.0 Å². The molecule has 0 amide bonds. The minimum atomic E-state index is -0.0725. The Labute approximate surface area is 170 Å². The lowest BCUT2D eigenvalue weighted by atomic mass is 9.92. The lowest BCUT2D eigenvalue weighted by Crippen LogP contribution is -2.48. The molecule has 0 radical (unpaired) electrons. The molecule has 0 bridgehead atoms. The van der Waals surface area contributed by atoms with Crippen molar-refractivity contribution in [3.8, 4) is 0 Å². The molecule has 1 aliphatic heterocycles.